The van der Waals surface area contributed by atoms with Crippen LogP contribution in [0.3, 0.4) is 0 Å². The number of carbonyl (C=O) groups is 1. The smallest absolute Gasteiger partial charge is 0.340 e. The average molecular weight is 353 g/mol. The number of halogens is 2. The monoisotopic (exact) mass is 352 g/mol. The Morgan fingerprint density at radius 2 is 1.96 bits per heavy atom. The molecule has 0 radical (unpaired) electrons. The van der Waals surface area contributed by atoms with E-state index in [9.17, 15) is 9.18 Å². The summed E-state index contributed by atoms with van der Waals surface area (Å²) in [5, 5.41) is 0.757. The first-order valence-electron chi connectivity index (χ1n) is 8.23. The molecule has 1 aromatic heterocycles. The highest BCUT2D eigenvalue weighted by atomic mass is 35.5. The van der Waals surface area contributed by atoms with Crippen molar-refractivity contribution in [3.05, 3.63) is 35.3 Å². The number of aryl methyl sites for hydroxylation is 1. The number of aromatic amines is 1. The van der Waals surface area contributed by atoms with E-state index >= 15 is 0 Å². The summed E-state index contributed by atoms with van der Waals surface area (Å²) >= 11 is 0. The van der Waals surface area contributed by atoms with E-state index in [2.05, 4.69) is 9.88 Å². The number of aromatic nitrogens is 1. The lowest BCUT2D eigenvalue weighted by molar-refractivity contribution is -0.0304. The summed E-state index contributed by atoms with van der Waals surface area (Å²) in [6.45, 7) is 5.65. The Balaban J connectivity index is 0.00000169. The molecule has 5 rings (SSSR count). The minimum Gasteiger partial charge on any atom is -0.461 e. The highest BCUT2D eigenvalue weighted by Gasteiger charge is 2.40. The van der Waals surface area contributed by atoms with Gasteiger partial charge >= 0.3 is 5.97 Å². The van der Waals surface area contributed by atoms with E-state index in [4.69, 9.17) is 4.74 Å². The molecular weight excluding hydrogens is 331 g/mol. The lowest BCUT2D eigenvalue weighted by Gasteiger charge is -2.47. The van der Waals surface area contributed by atoms with Crippen molar-refractivity contribution >= 4 is 29.3 Å². The summed E-state index contributed by atoms with van der Waals surface area (Å²) < 4.78 is 19.1. The van der Waals surface area contributed by atoms with Crippen LogP contribution in [0.2, 0.25) is 0 Å². The topological polar surface area (TPSA) is 45.3 Å². The molecule has 4 nitrogen and oxygen atoms in total. The number of carbonyl (C=O) groups excluding carboxylic acids is 1. The maximum atomic E-state index is 13.5. The number of piperidine rings is 3. The zero-order valence-electron chi connectivity index (χ0n) is 13.7. The third-order valence-electron chi connectivity index (χ3n) is 5.55. The van der Waals surface area contributed by atoms with Crippen molar-refractivity contribution in [2.45, 2.75) is 26.2 Å². The average Bonchev–Trinajstić information content (AvgIpc) is 2.98. The van der Waals surface area contributed by atoms with E-state index in [1.165, 1.54) is 12.1 Å². The molecule has 2 aromatic rings. The van der Waals surface area contributed by atoms with Gasteiger partial charge in [0.25, 0.3) is 0 Å². The second kappa shape index (κ2) is 6.37. The van der Waals surface area contributed by atoms with Gasteiger partial charge in [-0.2, -0.15) is 0 Å². The predicted octanol–water partition coefficient (Wildman–Crippen LogP) is 3.68. The molecule has 3 aliphatic heterocycles. The van der Waals surface area contributed by atoms with Gasteiger partial charge in [0.2, 0.25) is 0 Å². The molecule has 2 bridgehead atoms. The molecule has 0 aliphatic carbocycles. The first-order chi connectivity index (χ1) is 11.1. The largest absolute Gasteiger partial charge is 0.461 e. The number of nitrogens with one attached hydrogen (secondary N) is 1. The Morgan fingerprint density at radius 3 is 2.62 bits per heavy atom. The summed E-state index contributed by atoms with van der Waals surface area (Å²) in [6, 6.07) is 2.86. The van der Waals surface area contributed by atoms with Crippen molar-refractivity contribution < 1.29 is 13.9 Å². The fourth-order valence-corrected chi connectivity index (χ4v) is 4.01. The van der Waals surface area contributed by atoms with Crippen LogP contribution < -0.4 is 0 Å². The highest BCUT2D eigenvalue weighted by molar-refractivity contribution is 6.05. The van der Waals surface area contributed by atoms with Crippen molar-refractivity contribution in [2.75, 3.05) is 26.2 Å². The van der Waals surface area contributed by atoms with E-state index in [1.807, 2.05) is 6.92 Å². The van der Waals surface area contributed by atoms with Gasteiger partial charge in [0.05, 0.1) is 12.2 Å². The van der Waals surface area contributed by atoms with Crippen molar-refractivity contribution in [3.8, 4) is 0 Å². The molecule has 6 heteroatoms. The van der Waals surface area contributed by atoms with Gasteiger partial charge in [-0.25, -0.2) is 9.18 Å². The Hall–Kier alpha value is -1.59. The Kier molecular flexibility index (Phi) is 4.58. The minimum atomic E-state index is -0.312. The molecule has 3 saturated heterocycles. The van der Waals surface area contributed by atoms with Crippen molar-refractivity contribution in [3.63, 3.8) is 0 Å². The number of benzene rings is 1. The maximum absolute atomic E-state index is 13.5. The predicted molar refractivity (Wildman–Crippen MR) is 93.2 cm³/mol. The van der Waals surface area contributed by atoms with Gasteiger partial charge < -0.3 is 14.6 Å². The number of esters is 1. The third-order valence-corrected chi connectivity index (χ3v) is 5.55. The van der Waals surface area contributed by atoms with Gasteiger partial charge in [0.15, 0.2) is 0 Å². The quantitative estimate of drug-likeness (QED) is 0.857. The number of H-pyrrole nitrogens is 1. The molecule has 3 aliphatic rings. The number of fused-ring (bicyclic) bond motifs is 4. The molecular formula is C18H22ClFN2O2. The number of hydrogen-bond donors (Lipinski definition) is 1. The van der Waals surface area contributed by atoms with Crippen LogP contribution in [0.15, 0.2) is 18.3 Å². The second-order valence-corrected chi connectivity index (χ2v) is 7.02. The van der Waals surface area contributed by atoms with Crippen LogP contribution in [-0.2, 0) is 4.74 Å². The summed E-state index contributed by atoms with van der Waals surface area (Å²) in [5.74, 6) is -0.613. The standard InChI is InChI=1S/C18H21FN2O2.ClH/c1-12-8-13(19)9-15-16(12)14(10-20-15)17(22)23-11-18-2-5-21(6-3-18)7-4-18;/h8-10,20H,2-7,11H2,1H3;1H. The van der Waals surface area contributed by atoms with Crippen LogP contribution in [0, 0.1) is 18.2 Å². The van der Waals surface area contributed by atoms with Crippen LogP contribution >= 0.6 is 12.4 Å². The molecule has 1 N–H and O–H groups in total. The number of hydrogen-bond acceptors (Lipinski definition) is 3. The van der Waals surface area contributed by atoms with Crippen LogP contribution in [0.25, 0.3) is 10.9 Å². The second-order valence-electron chi connectivity index (χ2n) is 7.02. The number of rotatable bonds is 3. The number of ether oxygens (including phenoxy) is 1. The molecule has 0 saturated carbocycles. The Labute approximate surface area is 146 Å². The first kappa shape index (κ1) is 17.2. The highest BCUT2D eigenvalue weighted by Crippen LogP contribution is 2.40. The molecule has 0 spiro atoms. The molecule has 1 aromatic carbocycles. The summed E-state index contributed by atoms with van der Waals surface area (Å²) in [5.41, 5.74) is 2.05. The first-order valence-corrected chi connectivity index (χ1v) is 8.23. The summed E-state index contributed by atoms with van der Waals surface area (Å²) in [4.78, 5) is 18.0. The normalized spacial score (nSPS) is 25.5. The fraction of sp³-hybridized carbons (Fsp3) is 0.500. The molecule has 0 unspecified atom stereocenters. The molecule has 0 amide bonds. The summed E-state index contributed by atoms with van der Waals surface area (Å²) in [6.07, 6.45) is 4.95. The van der Waals surface area contributed by atoms with E-state index in [-0.39, 0.29) is 29.6 Å². The van der Waals surface area contributed by atoms with Crippen LogP contribution in [0.4, 0.5) is 4.39 Å². The molecule has 4 heterocycles. The van der Waals surface area contributed by atoms with E-state index in [0.717, 1.165) is 49.8 Å². The lowest BCUT2D eigenvalue weighted by Crippen LogP contribution is -2.50. The van der Waals surface area contributed by atoms with Gasteiger partial charge in [-0.1, -0.05) is 0 Å². The minimum absolute atomic E-state index is 0. The van der Waals surface area contributed by atoms with Crippen molar-refractivity contribution in [1.29, 1.82) is 0 Å². The third kappa shape index (κ3) is 2.91. The van der Waals surface area contributed by atoms with Crippen molar-refractivity contribution in [1.82, 2.24) is 9.88 Å². The van der Waals surface area contributed by atoms with Crippen LogP contribution in [-0.4, -0.2) is 42.1 Å². The van der Waals surface area contributed by atoms with E-state index in [1.54, 1.807) is 6.20 Å². The Morgan fingerprint density at radius 1 is 1.29 bits per heavy atom. The SMILES string of the molecule is Cc1cc(F)cc2[nH]cc(C(=O)OCC34CCN(CC3)CC4)c12.Cl. The zero-order valence-corrected chi connectivity index (χ0v) is 14.5. The van der Waals surface area contributed by atoms with Gasteiger partial charge in [0.1, 0.15) is 5.82 Å². The molecule has 3 fully saturated rings. The van der Waals surface area contributed by atoms with Crippen LogP contribution in [0.5, 0.6) is 0 Å². The van der Waals surface area contributed by atoms with Crippen LogP contribution in [0.1, 0.15) is 35.2 Å². The van der Waals surface area contributed by atoms with E-state index in [0.29, 0.717) is 17.7 Å². The van der Waals surface area contributed by atoms with Gasteiger partial charge in [-0.05, 0) is 63.5 Å². The van der Waals surface area contributed by atoms with Crippen molar-refractivity contribution in [2.24, 2.45) is 5.41 Å². The molecule has 0 atom stereocenters. The van der Waals surface area contributed by atoms with Gasteiger partial charge in [0, 0.05) is 22.5 Å². The van der Waals surface area contributed by atoms with Gasteiger partial charge in [-0.15, -0.1) is 12.4 Å². The lowest BCUT2D eigenvalue weighted by atomic mass is 9.73. The molecule has 130 valence electrons. The zero-order chi connectivity index (χ0) is 16.0. The number of nitrogens with zero attached hydrogens (tertiary/aromatic N) is 1. The maximum Gasteiger partial charge on any atom is 0.340 e. The summed E-state index contributed by atoms with van der Waals surface area (Å²) in [7, 11) is 0. The fourth-order valence-electron chi connectivity index (χ4n) is 4.01. The Bertz CT molecular complexity index is 752. The van der Waals surface area contributed by atoms with E-state index < -0.39 is 0 Å². The van der Waals surface area contributed by atoms with Gasteiger partial charge in [-0.3, -0.25) is 0 Å². The molecule has 24 heavy (non-hydrogen) atoms.